The van der Waals surface area contributed by atoms with Crippen molar-refractivity contribution in [2.75, 3.05) is 0 Å². The van der Waals surface area contributed by atoms with Crippen LogP contribution < -0.4 is 11.3 Å². The molecular formula is C11H18BrN3. The maximum atomic E-state index is 5.55. The van der Waals surface area contributed by atoms with E-state index in [-0.39, 0.29) is 6.04 Å². The number of unbranched alkanes of at least 4 members (excludes halogenated alkanes) is 2. The lowest BCUT2D eigenvalue weighted by atomic mass is 10.1. The van der Waals surface area contributed by atoms with Crippen molar-refractivity contribution < 1.29 is 0 Å². The van der Waals surface area contributed by atoms with Crippen molar-refractivity contribution in [3.05, 3.63) is 28.5 Å². The molecule has 4 heteroatoms. The van der Waals surface area contributed by atoms with Crippen LogP contribution in [0.25, 0.3) is 0 Å². The van der Waals surface area contributed by atoms with Gasteiger partial charge in [0.25, 0.3) is 0 Å². The summed E-state index contributed by atoms with van der Waals surface area (Å²) < 4.78 is 1.02. The first-order valence-corrected chi connectivity index (χ1v) is 6.15. The number of hydrogen-bond acceptors (Lipinski definition) is 3. The fourth-order valence-corrected chi connectivity index (χ4v) is 2.08. The topological polar surface area (TPSA) is 50.9 Å². The largest absolute Gasteiger partial charge is 0.271 e. The normalized spacial score (nSPS) is 12.7. The highest BCUT2D eigenvalue weighted by Gasteiger charge is 2.13. The van der Waals surface area contributed by atoms with Gasteiger partial charge in [-0.3, -0.25) is 16.3 Å². The fourth-order valence-electron chi connectivity index (χ4n) is 1.55. The number of nitrogens with zero attached hydrogens (tertiary/aromatic N) is 1. The molecule has 0 saturated heterocycles. The molecule has 0 spiro atoms. The summed E-state index contributed by atoms with van der Waals surface area (Å²) in [5.74, 6) is 5.55. The highest BCUT2D eigenvalue weighted by Crippen LogP contribution is 2.24. The Morgan fingerprint density at radius 1 is 1.53 bits per heavy atom. The van der Waals surface area contributed by atoms with Crippen LogP contribution in [0.4, 0.5) is 0 Å². The second-order valence-electron chi connectivity index (χ2n) is 3.59. The summed E-state index contributed by atoms with van der Waals surface area (Å²) in [6, 6.07) is 4.05. The van der Waals surface area contributed by atoms with Gasteiger partial charge in [-0.15, -0.1) is 0 Å². The van der Waals surface area contributed by atoms with Gasteiger partial charge in [0.1, 0.15) is 0 Å². The molecule has 0 amide bonds. The molecule has 1 unspecified atom stereocenters. The van der Waals surface area contributed by atoms with Crippen molar-refractivity contribution in [3.63, 3.8) is 0 Å². The van der Waals surface area contributed by atoms with Crippen molar-refractivity contribution in [1.29, 1.82) is 0 Å². The van der Waals surface area contributed by atoms with Crippen LogP contribution in [0.1, 0.15) is 44.3 Å². The molecule has 84 valence electrons. The van der Waals surface area contributed by atoms with E-state index in [1.165, 1.54) is 19.3 Å². The summed E-state index contributed by atoms with van der Waals surface area (Å²) in [6.07, 6.45) is 6.46. The maximum absolute atomic E-state index is 5.55. The average molecular weight is 272 g/mol. The van der Waals surface area contributed by atoms with Crippen LogP contribution in [0.15, 0.2) is 22.8 Å². The van der Waals surface area contributed by atoms with Crippen LogP contribution in [0.5, 0.6) is 0 Å². The molecule has 1 aromatic heterocycles. The van der Waals surface area contributed by atoms with Gasteiger partial charge in [-0.2, -0.15) is 0 Å². The molecule has 0 aliphatic heterocycles. The minimum absolute atomic E-state index is 0.145. The van der Waals surface area contributed by atoms with Gasteiger partial charge in [-0.05, 0) is 34.5 Å². The van der Waals surface area contributed by atoms with E-state index in [1.54, 1.807) is 6.20 Å². The number of aromatic nitrogens is 1. The standard InChI is InChI=1S/C11H18BrN3/c1-2-3-4-7-10(15-13)11-9(12)6-5-8-14-11/h5-6,8,10,15H,2-4,7,13H2,1H3. The minimum Gasteiger partial charge on any atom is -0.271 e. The number of pyridine rings is 1. The quantitative estimate of drug-likeness (QED) is 0.475. The second-order valence-corrected chi connectivity index (χ2v) is 4.44. The van der Waals surface area contributed by atoms with Gasteiger partial charge in [-0.25, -0.2) is 0 Å². The zero-order valence-corrected chi connectivity index (χ0v) is 10.6. The number of nitrogens with one attached hydrogen (secondary N) is 1. The zero-order valence-electron chi connectivity index (χ0n) is 9.04. The Morgan fingerprint density at radius 2 is 2.33 bits per heavy atom. The fraction of sp³-hybridized carbons (Fsp3) is 0.545. The summed E-state index contributed by atoms with van der Waals surface area (Å²) >= 11 is 3.49. The summed E-state index contributed by atoms with van der Waals surface area (Å²) in [6.45, 7) is 2.20. The average Bonchev–Trinajstić information content (AvgIpc) is 2.26. The monoisotopic (exact) mass is 271 g/mol. The maximum Gasteiger partial charge on any atom is 0.0728 e. The molecule has 1 aromatic rings. The lowest BCUT2D eigenvalue weighted by molar-refractivity contribution is 0.475. The van der Waals surface area contributed by atoms with E-state index in [0.717, 1.165) is 16.6 Å². The summed E-state index contributed by atoms with van der Waals surface area (Å²) in [5, 5.41) is 0. The molecule has 0 saturated carbocycles. The Balaban J connectivity index is 2.61. The third kappa shape index (κ3) is 3.89. The Bertz CT molecular complexity index is 291. The van der Waals surface area contributed by atoms with E-state index in [0.29, 0.717) is 0 Å². The molecule has 1 atom stereocenters. The van der Waals surface area contributed by atoms with Gasteiger partial charge in [-0.1, -0.05) is 26.2 Å². The first-order chi connectivity index (χ1) is 7.29. The van der Waals surface area contributed by atoms with E-state index < -0.39 is 0 Å². The molecule has 3 nitrogen and oxygen atoms in total. The zero-order chi connectivity index (χ0) is 11.1. The second kappa shape index (κ2) is 6.93. The van der Waals surface area contributed by atoms with E-state index in [2.05, 4.69) is 33.3 Å². The Hall–Kier alpha value is -0.450. The Morgan fingerprint density at radius 3 is 2.93 bits per heavy atom. The van der Waals surface area contributed by atoms with Gasteiger partial charge in [0, 0.05) is 10.7 Å². The molecule has 0 bridgehead atoms. The van der Waals surface area contributed by atoms with Gasteiger partial charge in [0.15, 0.2) is 0 Å². The van der Waals surface area contributed by atoms with Crippen molar-refractivity contribution in [3.8, 4) is 0 Å². The van der Waals surface area contributed by atoms with Crippen LogP contribution in [0, 0.1) is 0 Å². The predicted octanol–water partition coefficient (Wildman–Crippen LogP) is 2.93. The van der Waals surface area contributed by atoms with E-state index in [9.17, 15) is 0 Å². The van der Waals surface area contributed by atoms with Gasteiger partial charge in [0.2, 0.25) is 0 Å². The molecule has 0 aromatic carbocycles. The number of nitrogens with two attached hydrogens (primary N) is 1. The molecule has 0 aliphatic rings. The van der Waals surface area contributed by atoms with Crippen LogP contribution in [0.3, 0.4) is 0 Å². The lowest BCUT2D eigenvalue weighted by Crippen LogP contribution is -2.28. The van der Waals surface area contributed by atoms with Crippen LogP contribution in [-0.4, -0.2) is 4.98 Å². The third-order valence-corrected chi connectivity index (χ3v) is 3.09. The summed E-state index contributed by atoms with van der Waals surface area (Å²) in [4.78, 5) is 4.34. The molecule has 0 fully saturated rings. The van der Waals surface area contributed by atoms with E-state index >= 15 is 0 Å². The van der Waals surface area contributed by atoms with Crippen LogP contribution >= 0.6 is 15.9 Å². The predicted molar refractivity (Wildman–Crippen MR) is 66.1 cm³/mol. The third-order valence-electron chi connectivity index (χ3n) is 2.41. The van der Waals surface area contributed by atoms with E-state index in [4.69, 9.17) is 5.84 Å². The molecule has 3 N–H and O–H groups in total. The number of halogens is 1. The number of hydrogen-bond donors (Lipinski definition) is 2. The molecule has 15 heavy (non-hydrogen) atoms. The van der Waals surface area contributed by atoms with Gasteiger partial charge in [0.05, 0.1) is 11.7 Å². The Labute approximate surface area is 99.6 Å². The van der Waals surface area contributed by atoms with Crippen molar-refractivity contribution in [2.45, 2.75) is 38.6 Å². The highest BCUT2D eigenvalue weighted by atomic mass is 79.9. The van der Waals surface area contributed by atoms with Gasteiger partial charge < -0.3 is 0 Å². The molecule has 1 rings (SSSR count). The number of rotatable bonds is 6. The van der Waals surface area contributed by atoms with Crippen molar-refractivity contribution in [1.82, 2.24) is 10.4 Å². The van der Waals surface area contributed by atoms with E-state index in [1.807, 2.05) is 12.1 Å². The summed E-state index contributed by atoms with van der Waals surface area (Å²) in [7, 11) is 0. The first kappa shape index (κ1) is 12.6. The Kier molecular flexibility index (Phi) is 5.83. The number of hydrazine groups is 1. The molecule has 0 radical (unpaired) electrons. The molecule has 1 heterocycles. The van der Waals surface area contributed by atoms with Crippen LogP contribution in [-0.2, 0) is 0 Å². The SMILES string of the molecule is CCCCCC(NN)c1ncccc1Br. The molecular weight excluding hydrogens is 254 g/mol. The lowest BCUT2D eigenvalue weighted by Gasteiger charge is -2.16. The first-order valence-electron chi connectivity index (χ1n) is 5.36. The van der Waals surface area contributed by atoms with Crippen molar-refractivity contribution in [2.24, 2.45) is 5.84 Å². The molecule has 0 aliphatic carbocycles. The van der Waals surface area contributed by atoms with Gasteiger partial charge >= 0.3 is 0 Å². The van der Waals surface area contributed by atoms with Crippen molar-refractivity contribution >= 4 is 15.9 Å². The smallest absolute Gasteiger partial charge is 0.0728 e. The highest BCUT2D eigenvalue weighted by molar-refractivity contribution is 9.10. The van der Waals surface area contributed by atoms with Crippen LogP contribution in [0.2, 0.25) is 0 Å². The minimum atomic E-state index is 0.145. The summed E-state index contributed by atoms with van der Waals surface area (Å²) in [5.41, 5.74) is 3.82.